The fraction of sp³-hybridized carbons (Fsp3) is 0.382. The van der Waals surface area contributed by atoms with Crippen molar-refractivity contribution in [1.29, 1.82) is 0 Å². The van der Waals surface area contributed by atoms with Crippen LogP contribution < -0.4 is 10.3 Å². The second-order valence-corrected chi connectivity index (χ2v) is 11.1. The minimum Gasteiger partial charge on any atom is -0.443 e. The number of hydrazine groups is 1. The van der Waals surface area contributed by atoms with Gasteiger partial charge in [-0.3, -0.25) is 4.79 Å². The Kier molecular flexibility index (Phi) is 10.5. The van der Waals surface area contributed by atoms with Gasteiger partial charge >= 0.3 is 12.2 Å². The molecule has 2 aliphatic heterocycles. The van der Waals surface area contributed by atoms with Crippen molar-refractivity contribution < 1.29 is 23.9 Å². The molecule has 226 valence electrons. The van der Waals surface area contributed by atoms with E-state index in [0.29, 0.717) is 18.5 Å². The van der Waals surface area contributed by atoms with Crippen LogP contribution in [-0.2, 0) is 22.7 Å². The van der Waals surface area contributed by atoms with Crippen molar-refractivity contribution in [2.45, 2.75) is 57.8 Å². The average Bonchev–Trinajstić information content (AvgIpc) is 3.36. The van der Waals surface area contributed by atoms with Crippen molar-refractivity contribution in [2.75, 3.05) is 31.1 Å². The molecule has 0 aromatic heterocycles. The highest BCUT2D eigenvalue weighted by Gasteiger charge is 2.32. The summed E-state index contributed by atoms with van der Waals surface area (Å²) in [5, 5.41) is 1.26. The molecular weight excluding hydrogens is 544 g/mol. The van der Waals surface area contributed by atoms with E-state index in [2.05, 4.69) is 10.3 Å². The summed E-state index contributed by atoms with van der Waals surface area (Å²) in [6, 6.07) is 26.1. The van der Waals surface area contributed by atoms with E-state index in [0.717, 1.165) is 55.7 Å². The van der Waals surface area contributed by atoms with E-state index in [4.69, 9.17) is 9.47 Å². The summed E-state index contributed by atoms with van der Waals surface area (Å²) in [6.45, 7) is 3.07. The van der Waals surface area contributed by atoms with Crippen molar-refractivity contribution >= 4 is 23.8 Å². The molecule has 3 amide bonds. The maximum absolute atomic E-state index is 13.3. The van der Waals surface area contributed by atoms with Gasteiger partial charge in [-0.05, 0) is 61.1 Å². The van der Waals surface area contributed by atoms with Gasteiger partial charge in [-0.15, -0.1) is 0 Å². The van der Waals surface area contributed by atoms with Crippen molar-refractivity contribution in [3.63, 3.8) is 0 Å². The third kappa shape index (κ3) is 8.50. The molecule has 43 heavy (non-hydrogen) atoms. The molecule has 0 saturated carbocycles. The van der Waals surface area contributed by atoms with Crippen molar-refractivity contribution in [2.24, 2.45) is 0 Å². The Morgan fingerprint density at radius 3 is 1.95 bits per heavy atom. The van der Waals surface area contributed by atoms with Crippen molar-refractivity contribution in [3.05, 3.63) is 102 Å². The van der Waals surface area contributed by atoms with E-state index in [1.54, 1.807) is 0 Å². The maximum Gasteiger partial charge on any atom is 0.429 e. The standard InChI is InChI=1S/C34H40N4O5/c39-32(36-21-9-1-2-10-22-36)29-17-19-30(20-18-29)37-23-11-16-31(24-37)38(34(41)43-26-28-14-7-4-8-15-28)35-33(40)42-25-27-12-5-3-6-13-27/h3-8,12-15,17-20,31H,1-2,9-11,16,21-26H2,(H,35,40). The number of nitrogens with one attached hydrogen (secondary N) is 1. The molecule has 0 radical (unpaired) electrons. The number of piperidine rings is 1. The Bertz CT molecular complexity index is 1330. The lowest BCUT2D eigenvalue weighted by molar-refractivity contribution is 0.0432. The highest BCUT2D eigenvalue weighted by molar-refractivity contribution is 5.94. The quantitative estimate of drug-likeness (QED) is 0.335. The molecule has 9 nitrogen and oxygen atoms in total. The number of rotatable bonds is 7. The normalized spacial score (nSPS) is 17.0. The first-order chi connectivity index (χ1) is 21.1. The number of ether oxygens (including phenoxy) is 2. The Labute approximate surface area is 253 Å². The SMILES string of the molecule is O=C(NN(C(=O)OCc1ccccc1)C1CCCN(c2ccc(C(=O)N3CCCCCC3)cc2)C1)OCc1ccccc1. The van der Waals surface area contributed by atoms with E-state index in [-0.39, 0.29) is 25.2 Å². The van der Waals surface area contributed by atoms with Gasteiger partial charge in [-0.1, -0.05) is 73.5 Å². The second-order valence-electron chi connectivity index (χ2n) is 11.1. The van der Waals surface area contributed by atoms with Crippen LogP contribution in [0.1, 0.15) is 60.0 Å². The van der Waals surface area contributed by atoms with Gasteiger partial charge in [-0.25, -0.2) is 20.0 Å². The molecule has 2 heterocycles. The Balaban J connectivity index is 1.25. The van der Waals surface area contributed by atoms with E-state index in [9.17, 15) is 14.4 Å². The number of nitrogens with zero attached hydrogens (tertiary/aromatic N) is 3. The first kappa shape index (κ1) is 29.9. The predicted octanol–water partition coefficient (Wildman–Crippen LogP) is 6.15. The number of hydrogen-bond acceptors (Lipinski definition) is 6. The number of anilines is 1. The van der Waals surface area contributed by atoms with Crippen LogP contribution >= 0.6 is 0 Å². The number of likely N-dealkylation sites (tertiary alicyclic amines) is 1. The molecule has 3 aromatic carbocycles. The van der Waals surface area contributed by atoms with Crippen LogP contribution in [0.15, 0.2) is 84.9 Å². The van der Waals surface area contributed by atoms with E-state index in [1.807, 2.05) is 89.8 Å². The van der Waals surface area contributed by atoms with Gasteiger partial charge in [0.1, 0.15) is 13.2 Å². The highest BCUT2D eigenvalue weighted by atomic mass is 16.6. The van der Waals surface area contributed by atoms with E-state index < -0.39 is 12.2 Å². The molecule has 0 bridgehead atoms. The number of carbonyl (C=O) groups excluding carboxylic acids is 3. The molecule has 2 aliphatic rings. The zero-order valence-electron chi connectivity index (χ0n) is 24.5. The molecule has 2 saturated heterocycles. The van der Waals surface area contributed by atoms with Gasteiger partial charge in [0.2, 0.25) is 0 Å². The molecule has 1 N–H and O–H groups in total. The Morgan fingerprint density at radius 2 is 1.33 bits per heavy atom. The lowest BCUT2D eigenvalue weighted by atomic mass is 10.0. The zero-order valence-corrected chi connectivity index (χ0v) is 24.5. The average molecular weight is 585 g/mol. The molecule has 0 aliphatic carbocycles. The first-order valence-corrected chi connectivity index (χ1v) is 15.2. The zero-order chi connectivity index (χ0) is 29.9. The fourth-order valence-corrected chi connectivity index (χ4v) is 5.60. The Hall–Kier alpha value is -4.53. The predicted molar refractivity (Wildman–Crippen MR) is 164 cm³/mol. The van der Waals surface area contributed by atoms with Crippen LogP contribution in [0, 0.1) is 0 Å². The minimum atomic E-state index is -0.728. The molecule has 2 fully saturated rings. The fourth-order valence-electron chi connectivity index (χ4n) is 5.60. The van der Waals surface area contributed by atoms with Gasteiger partial charge < -0.3 is 19.3 Å². The third-order valence-corrected chi connectivity index (χ3v) is 7.96. The van der Waals surface area contributed by atoms with E-state index in [1.165, 1.54) is 17.9 Å². The summed E-state index contributed by atoms with van der Waals surface area (Å²) >= 11 is 0. The minimum absolute atomic E-state index is 0.0792. The number of benzene rings is 3. The van der Waals surface area contributed by atoms with Crippen LogP contribution in [-0.4, -0.2) is 60.2 Å². The highest BCUT2D eigenvalue weighted by Crippen LogP contribution is 2.24. The van der Waals surface area contributed by atoms with Crippen LogP contribution in [0.5, 0.6) is 0 Å². The topological polar surface area (TPSA) is 91.4 Å². The molecule has 1 atom stereocenters. The summed E-state index contributed by atoms with van der Waals surface area (Å²) in [5.74, 6) is 0.0792. The lowest BCUT2D eigenvalue weighted by Gasteiger charge is -2.39. The number of carbonyl (C=O) groups is 3. The Morgan fingerprint density at radius 1 is 0.721 bits per heavy atom. The largest absolute Gasteiger partial charge is 0.443 e. The second kappa shape index (κ2) is 15.1. The van der Waals surface area contributed by atoms with Crippen LogP contribution in [0.4, 0.5) is 15.3 Å². The molecule has 3 aromatic rings. The monoisotopic (exact) mass is 584 g/mol. The van der Waals surface area contributed by atoms with Gasteiger partial charge in [0.25, 0.3) is 5.91 Å². The summed E-state index contributed by atoms with van der Waals surface area (Å²) in [4.78, 5) is 43.4. The lowest BCUT2D eigenvalue weighted by Crippen LogP contribution is -2.57. The number of amides is 3. The summed E-state index contributed by atoms with van der Waals surface area (Å²) in [6.07, 6.45) is 4.57. The molecule has 9 heteroatoms. The summed E-state index contributed by atoms with van der Waals surface area (Å²) < 4.78 is 11.0. The number of hydrogen-bond donors (Lipinski definition) is 1. The third-order valence-electron chi connectivity index (χ3n) is 7.96. The van der Waals surface area contributed by atoms with Gasteiger partial charge in [0.15, 0.2) is 0 Å². The van der Waals surface area contributed by atoms with Crippen molar-refractivity contribution in [1.82, 2.24) is 15.3 Å². The van der Waals surface area contributed by atoms with Crippen molar-refractivity contribution in [3.8, 4) is 0 Å². The molecule has 1 unspecified atom stereocenters. The first-order valence-electron chi connectivity index (χ1n) is 15.2. The summed E-state index contributed by atoms with van der Waals surface area (Å²) in [7, 11) is 0. The molecular formula is C34H40N4O5. The molecule has 5 rings (SSSR count). The van der Waals surface area contributed by atoms with Crippen LogP contribution in [0.25, 0.3) is 0 Å². The van der Waals surface area contributed by atoms with E-state index >= 15 is 0 Å². The summed E-state index contributed by atoms with van der Waals surface area (Å²) in [5.41, 5.74) is 5.99. The maximum atomic E-state index is 13.3. The smallest absolute Gasteiger partial charge is 0.429 e. The van der Waals surface area contributed by atoms with Gasteiger partial charge in [0, 0.05) is 37.4 Å². The van der Waals surface area contributed by atoms with Crippen LogP contribution in [0.2, 0.25) is 0 Å². The van der Waals surface area contributed by atoms with Gasteiger partial charge in [0.05, 0.1) is 6.04 Å². The van der Waals surface area contributed by atoms with Crippen LogP contribution in [0.3, 0.4) is 0 Å². The molecule has 0 spiro atoms. The van der Waals surface area contributed by atoms with Gasteiger partial charge in [-0.2, -0.15) is 0 Å².